The molecule has 0 saturated carbocycles. The maximum Gasteiger partial charge on any atom is 0.263 e. The Hall–Kier alpha value is -2.41. The SMILES string of the molecule is CC(C)c1ccc2c(NS(=O)(=O)c3ccccc3)ncnn12. The molecule has 3 rings (SSSR count). The number of hydrogen-bond acceptors (Lipinski definition) is 4. The van der Waals surface area contributed by atoms with Crippen LogP contribution in [0.2, 0.25) is 0 Å². The van der Waals surface area contributed by atoms with Crippen LogP contribution < -0.4 is 4.72 Å². The molecule has 0 unspecified atom stereocenters. The Bertz CT molecular complexity index is 902. The van der Waals surface area contributed by atoms with Gasteiger partial charge in [-0.05, 0) is 30.2 Å². The van der Waals surface area contributed by atoms with Gasteiger partial charge in [-0.1, -0.05) is 32.0 Å². The molecule has 0 bridgehead atoms. The predicted molar refractivity (Wildman–Crippen MR) is 84.3 cm³/mol. The van der Waals surface area contributed by atoms with Crippen molar-refractivity contribution in [2.75, 3.05) is 4.72 Å². The van der Waals surface area contributed by atoms with Gasteiger partial charge in [0, 0.05) is 5.69 Å². The van der Waals surface area contributed by atoms with Crippen molar-refractivity contribution in [1.29, 1.82) is 0 Å². The molecule has 0 amide bonds. The topological polar surface area (TPSA) is 76.4 Å². The fourth-order valence-corrected chi connectivity index (χ4v) is 3.30. The average molecular weight is 316 g/mol. The van der Waals surface area contributed by atoms with Gasteiger partial charge in [-0.15, -0.1) is 0 Å². The number of aromatic nitrogens is 3. The Morgan fingerprint density at radius 3 is 2.50 bits per heavy atom. The lowest BCUT2D eigenvalue weighted by Crippen LogP contribution is -2.15. The van der Waals surface area contributed by atoms with E-state index >= 15 is 0 Å². The van der Waals surface area contributed by atoms with E-state index in [1.54, 1.807) is 34.8 Å². The van der Waals surface area contributed by atoms with E-state index in [4.69, 9.17) is 0 Å². The number of nitrogens with one attached hydrogen (secondary N) is 1. The third kappa shape index (κ3) is 2.55. The molecule has 114 valence electrons. The van der Waals surface area contributed by atoms with Gasteiger partial charge in [-0.3, -0.25) is 4.72 Å². The van der Waals surface area contributed by atoms with Crippen LogP contribution in [0.25, 0.3) is 5.52 Å². The second-order valence-electron chi connectivity index (χ2n) is 5.24. The van der Waals surface area contributed by atoms with E-state index in [0.29, 0.717) is 5.52 Å². The first-order valence-electron chi connectivity index (χ1n) is 6.89. The summed E-state index contributed by atoms with van der Waals surface area (Å²) < 4.78 is 29.0. The van der Waals surface area contributed by atoms with Gasteiger partial charge in [0.05, 0.1) is 4.90 Å². The van der Waals surface area contributed by atoms with Gasteiger partial charge in [0.2, 0.25) is 0 Å². The van der Waals surface area contributed by atoms with Gasteiger partial charge >= 0.3 is 0 Å². The molecule has 6 nitrogen and oxygen atoms in total. The number of hydrogen-bond donors (Lipinski definition) is 1. The van der Waals surface area contributed by atoms with Crippen LogP contribution >= 0.6 is 0 Å². The summed E-state index contributed by atoms with van der Waals surface area (Å²) in [5.41, 5.74) is 1.63. The van der Waals surface area contributed by atoms with Crippen LogP contribution in [0, 0.1) is 0 Å². The van der Waals surface area contributed by atoms with Crippen molar-refractivity contribution < 1.29 is 8.42 Å². The van der Waals surface area contributed by atoms with Crippen molar-refractivity contribution in [3.8, 4) is 0 Å². The molecule has 1 aromatic carbocycles. The molecule has 0 aliphatic rings. The van der Waals surface area contributed by atoms with Crippen molar-refractivity contribution in [3.05, 3.63) is 54.5 Å². The second-order valence-corrected chi connectivity index (χ2v) is 6.92. The molecule has 0 aliphatic carbocycles. The summed E-state index contributed by atoms with van der Waals surface area (Å²) in [7, 11) is -3.67. The van der Waals surface area contributed by atoms with Crippen molar-refractivity contribution in [3.63, 3.8) is 0 Å². The lowest BCUT2D eigenvalue weighted by Gasteiger charge is -2.09. The highest BCUT2D eigenvalue weighted by Crippen LogP contribution is 2.23. The van der Waals surface area contributed by atoms with Crippen LogP contribution in [0.15, 0.2) is 53.7 Å². The first kappa shape index (κ1) is 14.5. The normalized spacial score (nSPS) is 12.0. The van der Waals surface area contributed by atoms with E-state index in [1.165, 1.54) is 6.33 Å². The molecule has 0 fully saturated rings. The highest BCUT2D eigenvalue weighted by molar-refractivity contribution is 7.92. The molecule has 2 heterocycles. The summed E-state index contributed by atoms with van der Waals surface area (Å²) in [4.78, 5) is 4.26. The second kappa shape index (κ2) is 5.42. The van der Waals surface area contributed by atoms with Gasteiger partial charge in [0.25, 0.3) is 10.0 Å². The minimum atomic E-state index is -3.67. The summed E-state index contributed by atoms with van der Waals surface area (Å²) in [6, 6.07) is 11.9. The molecule has 7 heteroatoms. The van der Waals surface area contributed by atoms with E-state index in [1.807, 2.05) is 12.1 Å². The van der Waals surface area contributed by atoms with Crippen molar-refractivity contribution in [2.45, 2.75) is 24.7 Å². The Morgan fingerprint density at radius 1 is 1.09 bits per heavy atom. The summed E-state index contributed by atoms with van der Waals surface area (Å²) in [5, 5.41) is 4.20. The highest BCUT2D eigenvalue weighted by atomic mass is 32.2. The van der Waals surface area contributed by atoms with Crippen LogP contribution in [0.3, 0.4) is 0 Å². The first-order chi connectivity index (χ1) is 10.5. The van der Waals surface area contributed by atoms with E-state index < -0.39 is 10.0 Å². The molecule has 0 radical (unpaired) electrons. The number of benzene rings is 1. The number of sulfonamides is 1. The molecule has 1 N–H and O–H groups in total. The van der Waals surface area contributed by atoms with Gasteiger partial charge in [-0.2, -0.15) is 5.10 Å². The smallest absolute Gasteiger partial charge is 0.261 e. The van der Waals surface area contributed by atoms with Crippen molar-refractivity contribution in [1.82, 2.24) is 14.6 Å². The third-order valence-corrected chi connectivity index (χ3v) is 4.71. The molecular formula is C15H16N4O2S. The van der Waals surface area contributed by atoms with Crippen molar-refractivity contribution >= 4 is 21.4 Å². The Balaban J connectivity index is 2.05. The molecule has 2 aromatic heterocycles. The van der Waals surface area contributed by atoms with Crippen molar-refractivity contribution in [2.24, 2.45) is 0 Å². The molecule has 3 aromatic rings. The summed E-state index contributed by atoms with van der Waals surface area (Å²) in [5.74, 6) is 0.543. The Morgan fingerprint density at radius 2 is 1.82 bits per heavy atom. The summed E-state index contributed by atoms with van der Waals surface area (Å²) in [6.07, 6.45) is 1.35. The van der Waals surface area contributed by atoms with Gasteiger partial charge in [0.1, 0.15) is 11.8 Å². The zero-order valence-electron chi connectivity index (χ0n) is 12.3. The summed E-state index contributed by atoms with van der Waals surface area (Å²) in [6.45, 7) is 4.11. The van der Waals surface area contributed by atoms with E-state index in [0.717, 1.165) is 5.69 Å². The fourth-order valence-electron chi connectivity index (χ4n) is 2.26. The van der Waals surface area contributed by atoms with E-state index in [-0.39, 0.29) is 16.6 Å². The van der Waals surface area contributed by atoms with Crippen LogP contribution in [-0.2, 0) is 10.0 Å². The lowest BCUT2D eigenvalue weighted by molar-refractivity contribution is 0.601. The Kier molecular flexibility index (Phi) is 3.58. The Labute approximate surface area is 128 Å². The summed E-state index contributed by atoms with van der Waals surface area (Å²) >= 11 is 0. The van der Waals surface area contributed by atoms with Gasteiger partial charge < -0.3 is 0 Å². The molecule has 22 heavy (non-hydrogen) atoms. The predicted octanol–water partition coefficient (Wildman–Crippen LogP) is 2.65. The maximum absolute atomic E-state index is 12.4. The quantitative estimate of drug-likeness (QED) is 0.803. The molecular weight excluding hydrogens is 300 g/mol. The standard InChI is InChI=1S/C15H16N4O2S/c1-11(2)13-8-9-14-15(16-10-17-19(13)14)18-22(20,21)12-6-4-3-5-7-12/h3-11H,1-2H3,(H,16,17,18). The molecule has 0 atom stereocenters. The maximum atomic E-state index is 12.4. The number of nitrogens with zero attached hydrogens (tertiary/aromatic N) is 3. The first-order valence-corrected chi connectivity index (χ1v) is 8.38. The van der Waals surface area contributed by atoms with Crippen LogP contribution in [0.4, 0.5) is 5.82 Å². The zero-order chi connectivity index (χ0) is 15.7. The minimum absolute atomic E-state index is 0.197. The van der Waals surface area contributed by atoms with Crippen LogP contribution in [0.1, 0.15) is 25.5 Å². The molecule has 0 spiro atoms. The van der Waals surface area contributed by atoms with Crippen LogP contribution in [-0.4, -0.2) is 23.0 Å². The molecule has 0 saturated heterocycles. The lowest BCUT2D eigenvalue weighted by atomic mass is 10.1. The van der Waals surface area contributed by atoms with Gasteiger partial charge in [-0.25, -0.2) is 17.9 Å². The van der Waals surface area contributed by atoms with E-state index in [2.05, 4.69) is 28.7 Å². The highest BCUT2D eigenvalue weighted by Gasteiger charge is 2.17. The van der Waals surface area contributed by atoms with Crippen LogP contribution in [0.5, 0.6) is 0 Å². The van der Waals surface area contributed by atoms with E-state index in [9.17, 15) is 8.42 Å². The monoisotopic (exact) mass is 316 g/mol. The fraction of sp³-hybridized carbons (Fsp3) is 0.200. The number of anilines is 1. The molecule has 0 aliphatic heterocycles. The number of rotatable bonds is 4. The third-order valence-electron chi connectivity index (χ3n) is 3.36. The number of fused-ring (bicyclic) bond motifs is 1. The minimum Gasteiger partial charge on any atom is -0.261 e. The largest absolute Gasteiger partial charge is 0.263 e. The van der Waals surface area contributed by atoms with Gasteiger partial charge in [0.15, 0.2) is 5.82 Å². The zero-order valence-corrected chi connectivity index (χ0v) is 13.1. The average Bonchev–Trinajstić information content (AvgIpc) is 2.93.